The van der Waals surface area contributed by atoms with E-state index in [1.54, 1.807) is 32.2 Å². The molecule has 5 nitrogen and oxygen atoms in total. The summed E-state index contributed by atoms with van der Waals surface area (Å²) >= 11 is 0. The van der Waals surface area contributed by atoms with Gasteiger partial charge in [-0.3, -0.25) is 14.6 Å². The maximum atomic E-state index is 11.8. The van der Waals surface area contributed by atoms with Gasteiger partial charge >= 0.3 is 5.97 Å². The van der Waals surface area contributed by atoms with Crippen molar-refractivity contribution in [3.05, 3.63) is 29.6 Å². The molecular weight excluding hydrogens is 220 g/mol. The minimum absolute atomic E-state index is 0.138. The van der Waals surface area contributed by atoms with Crippen molar-refractivity contribution in [2.45, 2.75) is 20.3 Å². The maximum Gasteiger partial charge on any atom is 0.308 e. The Morgan fingerprint density at radius 3 is 2.76 bits per heavy atom. The molecule has 0 fully saturated rings. The monoisotopic (exact) mass is 236 g/mol. The molecule has 0 aliphatic rings. The zero-order valence-electron chi connectivity index (χ0n) is 9.93. The van der Waals surface area contributed by atoms with Crippen LogP contribution in [0.15, 0.2) is 18.3 Å². The van der Waals surface area contributed by atoms with E-state index in [2.05, 4.69) is 10.3 Å². The van der Waals surface area contributed by atoms with Gasteiger partial charge in [0.05, 0.1) is 11.5 Å². The van der Waals surface area contributed by atoms with Crippen LogP contribution < -0.4 is 5.32 Å². The number of carbonyl (C=O) groups is 2. The van der Waals surface area contributed by atoms with E-state index in [1.807, 2.05) is 0 Å². The Hall–Kier alpha value is -1.91. The summed E-state index contributed by atoms with van der Waals surface area (Å²) in [6.45, 7) is 3.66. The molecule has 2 N–H and O–H groups in total. The smallest absolute Gasteiger partial charge is 0.308 e. The van der Waals surface area contributed by atoms with E-state index in [-0.39, 0.29) is 12.5 Å². The van der Waals surface area contributed by atoms with Gasteiger partial charge in [-0.25, -0.2) is 0 Å². The Bertz CT molecular complexity index is 418. The molecule has 1 aromatic rings. The van der Waals surface area contributed by atoms with Crippen LogP contribution in [0.4, 0.5) is 0 Å². The first kappa shape index (κ1) is 13.2. The molecule has 0 aliphatic heterocycles. The van der Waals surface area contributed by atoms with Gasteiger partial charge in [0.15, 0.2) is 0 Å². The normalized spacial score (nSPS) is 11.9. The van der Waals surface area contributed by atoms with Crippen LogP contribution in [0.5, 0.6) is 0 Å². The van der Waals surface area contributed by atoms with E-state index >= 15 is 0 Å². The fourth-order valence-electron chi connectivity index (χ4n) is 1.44. The van der Waals surface area contributed by atoms with Gasteiger partial charge in [0.1, 0.15) is 0 Å². The third-order valence-corrected chi connectivity index (χ3v) is 2.60. The Kier molecular flexibility index (Phi) is 4.63. The quantitative estimate of drug-likeness (QED) is 0.805. The molecule has 0 saturated heterocycles. The lowest BCUT2D eigenvalue weighted by Gasteiger charge is -2.11. The molecule has 1 aromatic heterocycles. The molecule has 1 atom stereocenters. The Balaban J connectivity index is 2.62. The molecule has 1 amide bonds. The summed E-state index contributed by atoms with van der Waals surface area (Å²) in [5, 5.41) is 11.5. The van der Waals surface area contributed by atoms with Gasteiger partial charge in [-0.1, -0.05) is 6.92 Å². The molecule has 0 radical (unpaired) electrons. The number of pyridine rings is 1. The number of aromatic nitrogens is 1. The van der Waals surface area contributed by atoms with Crippen molar-refractivity contribution in [3.63, 3.8) is 0 Å². The zero-order chi connectivity index (χ0) is 12.8. The lowest BCUT2D eigenvalue weighted by atomic mass is 10.1. The Morgan fingerprint density at radius 2 is 2.24 bits per heavy atom. The Labute approximate surface area is 99.9 Å². The van der Waals surface area contributed by atoms with E-state index in [4.69, 9.17) is 5.11 Å². The highest BCUT2D eigenvalue weighted by molar-refractivity contribution is 5.95. The lowest BCUT2D eigenvalue weighted by Crippen LogP contribution is -2.33. The van der Waals surface area contributed by atoms with Crippen LogP contribution in [-0.2, 0) is 4.79 Å². The second kappa shape index (κ2) is 5.98. The molecule has 1 unspecified atom stereocenters. The van der Waals surface area contributed by atoms with Crippen LogP contribution in [0.25, 0.3) is 0 Å². The summed E-state index contributed by atoms with van der Waals surface area (Å²) < 4.78 is 0. The van der Waals surface area contributed by atoms with Crippen LogP contribution in [0, 0.1) is 12.8 Å². The van der Waals surface area contributed by atoms with E-state index < -0.39 is 11.9 Å². The van der Waals surface area contributed by atoms with Gasteiger partial charge in [0, 0.05) is 18.4 Å². The van der Waals surface area contributed by atoms with Crippen molar-refractivity contribution in [2.24, 2.45) is 5.92 Å². The second-order valence-electron chi connectivity index (χ2n) is 3.79. The highest BCUT2D eigenvalue weighted by atomic mass is 16.4. The SMILES string of the molecule is CCC(CNC(=O)c1cccnc1C)C(=O)O. The third kappa shape index (κ3) is 3.55. The number of hydrogen-bond donors (Lipinski definition) is 2. The summed E-state index contributed by atoms with van der Waals surface area (Å²) in [6, 6.07) is 3.34. The first-order chi connectivity index (χ1) is 8.06. The number of rotatable bonds is 5. The average molecular weight is 236 g/mol. The average Bonchev–Trinajstić information content (AvgIpc) is 2.29. The first-order valence-corrected chi connectivity index (χ1v) is 5.48. The number of aliphatic carboxylic acids is 1. The number of hydrogen-bond acceptors (Lipinski definition) is 3. The van der Waals surface area contributed by atoms with Gasteiger partial charge in [-0.15, -0.1) is 0 Å². The number of nitrogens with one attached hydrogen (secondary N) is 1. The number of carboxylic acid groups (broad SMARTS) is 1. The van der Waals surface area contributed by atoms with Crippen LogP contribution in [0.1, 0.15) is 29.4 Å². The van der Waals surface area contributed by atoms with Crippen LogP contribution in [-0.4, -0.2) is 28.5 Å². The molecule has 0 bridgehead atoms. The standard InChI is InChI=1S/C12H16N2O3/c1-3-9(12(16)17)7-14-11(15)10-5-4-6-13-8(10)2/h4-6,9H,3,7H2,1-2H3,(H,14,15)(H,16,17). The number of amides is 1. The summed E-state index contributed by atoms with van der Waals surface area (Å²) in [5.41, 5.74) is 1.11. The molecule has 0 aromatic carbocycles. The highest BCUT2D eigenvalue weighted by Crippen LogP contribution is 2.05. The number of aryl methyl sites for hydroxylation is 1. The van der Waals surface area contributed by atoms with Crippen molar-refractivity contribution in [1.82, 2.24) is 10.3 Å². The van der Waals surface area contributed by atoms with Crippen molar-refractivity contribution in [1.29, 1.82) is 0 Å². The highest BCUT2D eigenvalue weighted by Gasteiger charge is 2.17. The van der Waals surface area contributed by atoms with Gasteiger partial charge in [-0.2, -0.15) is 0 Å². The summed E-state index contributed by atoms with van der Waals surface area (Å²) in [4.78, 5) is 26.6. The van der Waals surface area contributed by atoms with Crippen molar-refractivity contribution >= 4 is 11.9 Å². The van der Waals surface area contributed by atoms with E-state index in [0.29, 0.717) is 17.7 Å². The molecule has 1 rings (SSSR count). The second-order valence-corrected chi connectivity index (χ2v) is 3.79. The minimum atomic E-state index is -0.893. The first-order valence-electron chi connectivity index (χ1n) is 5.48. The van der Waals surface area contributed by atoms with Gasteiger partial charge < -0.3 is 10.4 Å². The lowest BCUT2D eigenvalue weighted by molar-refractivity contribution is -0.141. The number of nitrogens with zero attached hydrogens (tertiary/aromatic N) is 1. The Morgan fingerprint density at radius 1 is 1.53 bits per heavy atom. The van der Waals surface area contributed by atoms with Crippen molar-refractivity contribution in [3.8, 4) is 0 Å². The summed E-state index contributed by atoms with van der Waals surface area (Å²) in [6.07, 6.45) is 2.10. The summed E-state index contributed by atoms with van der Waals surface area (Å²) in [7, 11) is 0. The van der Waals surface area contributed by atoms with Crippen molar-refractivity contribution in [2.75, 3.05) is 6.54 Å². The van der Waals surface area contributed by atoms with E-state index in [1.165, 1.54) is 0 Å². The number of carbonyl (C=O) groups excluding carboxylic acids is 1. The molecule has 1 heterocycles. The minimum Gasteiger partial charge on any atom is -0.481 e. The molecule has 0 spiro atoms. The molecule has 92 valence electrons. The predicted octanol–water partition coefficient (Wildman–Crippen LogP) is 1.23. The van der Waals surface area contributed by atoms with Crippen LogP contribution >= 0.6 is 0 Å². The van der Waals surface area contributed by atoms with Crippen molar-refractivity contribution < 1.29 is 14.7 Å². The molecule has 0 saturated carbocycles. The third-order valence-electron chi connectivity index (χ3n) is 2.60. The molecule has 5 heteroatoms. The van der Waals surface area contributed by atoms with E-state index in [0.717, 1.165) is 0 Å². The number of carboxylic acids is 1. The molecular formula is C12H16N2O3. The maximum absolute atomic E-state index is 11.8. The molecule has 0 aliphatic carbocycles. The van der Waals surface area contributed by atoms with Crippen LogP contribution in [0.3, 0.4) is 0 Å². The topological polar surface area (TPSA) is 79.3 Å². The summed E-state index contributed by atoms with van der Waals surface area (Å²) in [5.74, 6) is -1.72. The van der Waals surface area contributed by atoms with Gasteiger partial charge in [0.25, 0.3) is 5.91 Å². The predicted molar refractivity (Wildman–Crippen MR) is 62.7 cm³/mol. The zero-order valence-corrected chi connectivity index (χ0v) is 9.93. The van der Waals surface area contributed by atoms with Gasteiger partial charge in [-0.05, 0) is 25.5 Å². The largest absolute Gasteiger partial charge is 0.481 e. The molecule has 17 heavy (non-hydrogen) atoms. The van der Waals surface area contributed by atoms with Gasteiger partial charge in [0.2, 0.25) is 0 Å². The fourth-order valence-corrected chi connectivity index (χ4v) is 1.44. The van der Waals surface area contributed by atoms with E-state index in [9.17, 15) is 9.59 Å². The fraction of sp³-hybridized carbons (Fsp3) is 0.417. The van der Waals surface area contributed by atoms with Crippen LogP contribution in [0.2, 0.25) is 0 Å².